The SMILES string of the molecule is CCCOC(=O)c1ccc(NC(=O)c2ccc(NC(=O)Cn3cc(C)ccc3=O)cc2)cc1. The van der Waals surface area contributed by atoms with Crippen LogP contribution in [-0.2, 0) is 16.1 Å². The molecule has 0 aliphatic carbocycles. The average molecular weight is 447 g/mol. The Bertz CT molecular complexity index is 1200. The summed E-state index contributed by atoms with van der Waals surface area (Å²) in [5.41, 5.74) is 2.47. The monoisotopic (exact) mass is 447 g/mol. The van der Waals surface area contributed by atoms with E-state index < -0.39 is 5.97 Å². The van der Waals surface area contributed by atoms with Crippen molar-refractivity contribution in [2.24, 2.45) is 0 Å². The fourth-order valence-electron chi connectivity index (χ4n) is 3.01. The van der Waals surface area contributed by atoms with Gasteiger partial charge in [-0.3, -0.25) is 14.4 Å². The highest BCUT2D eigenvalue weighted by Crippen LogP contribution is 2.14. The summed E-state index contributed by atoms with van der Waals surface area (Å²) in [6, 6.07) is 15.9. The van der Waals surface area contributed by atoms with Gasteiger partial charge in [0.15, 0.2) is 0 Å². The van der Waals surface area contributed by atoms with Crippen LogP contribution >= 0.6 is 0 Å². The Balaban J connectivity index is 1.56. The van der Waals surface area contributed by atoms with E-state index in [2.05, 4.69) is 10.6 Å². The number of esters is 1. The maximum Gasteiger partial charge on any atom is 0.338 e. The molecule has 170 valence electrons. The number of hydrogen-bond donors (Lipinski definition) is 2. The number of anilines is 2. The van der Waals surface area contributed by atoms with Crippen molar-refractivity contribution in [3.8, 4) is 0 Å². The summed E-state index contributed by atoms with van der Waals surface area (Å²) < 4.78 is 6.41. The first-order chi connectivity index (χ1) is 15.9. The summed E-state index contributed by atoms with van der Waals surface area (Å²) in [5, 5.41) is 5.47. The smallest absolute Gasteiger partial charge is 0.338 e. The van der Waals surface area contributed by atoms with Crippen LogP contribution < -0.4 is 16.2 Å². The van der Waals surface area contributed by atoms with Crippen molar-refractivity contribution in [2.75, 3.05) is 17.2 Å². The topological polar surface area (TPSA) is 106 Å². The standard InChI is InChI=1S/C25H25N3O5/c1-3-14-33-25(32)19-7-11-21(12-8-19)27-24(31)18-5-9-20(10-6-18)26-22(29)16-28-15-17(2)4-13-23(28)30/h4-13,15H,3,14,16H2,1-2H3,(H,26,29)(H,27,31). The van der Waals surface area contributed by atoms with E-state index in [1.165, 1.54) is 10.6 Å². The van der Waals surface area contributed by atoms with Crippen LogP contribution in [0.3, 0.4) is 0 Å². The van der Waals surface area contributed by atoms with Crippen molar-refractivity contribution in [1.29, 1.82) is 0 Å². The van der Waals surface area contributed by atoms with Gasteiger partial charge < -0.3 is 19.9 Å². The molecule has 8 nitrogen and oxygen atoms in total. The molecule has 2 aromatic carbocycles. The van der Waals surface area contributed by atoms with E-state index in [1.54, 1.807) is 60.8 Å². The van der Waals surface area contributed by atoms with E-state index in [0.717, 1.165) is 12.0 Å². The van der Waals surface area contributed by atoms with Crippen LogP contribution in [0.5, 0.6) is 0 Å². The number of aryl methyl sites for hydroxylation is 1. The molecular formula is C25H25N3O5. The first-order valence-electron chi connectivity index (χ1n) is 10.5. The van der Waals surface area contributed by atoms with Crippen molar-refractivity contribution < 1.29 is 19.1 Å². The second-order valence-electron chi connectivity index (χ2n) is 7.47. The number of benzene rings is 2. The molecule has 2 amide bonds. The van der Waals surface area contributed by atoms with Crippen LogP contribution in [-0.4, -0.2) is 29.0 Å². The van der Waals surface area contributed by atoms with Gasteiger partial charge in [0, 0.05) is 29.2 Å². The normalized spacial score (nSPS) is 10.4. The van der Waals surface area contributed by atoms with Crippen LogP contribution in [0.2, 0.25) is 0 Å². The maximum absolute atomic E-state index is 12.5. The number of carbonyl (C=O) groups is 3. The lowest BCUT2D eigenvalue weighted by Gasteiger charge is -2.09. The van der Waals surface area contributed by atoms with E-state index in [0.29, 0.717) is 29.1 Å². The molecule has 0 unspecified atom stereocenters. The molecular weight excluding hydrogens is 422 g/mol. The molecule has 0 saturated heterocycles. The highest BCUT2D eigenvalue weighted by molar-refractivity contribution is 6.05. The molecule has 8 heteroatoms. The zero-order valence-electron chi connectivity index (χ0n) is 18.5. The van der Waals surface area contributed by atoms with Gasteiger partial charge in [0.2, 0.25) is 5.91 Å². The van der Waals surface area contributed by atoms with E-state index in [4.69, 9.17) is 4.74 Å². The van der Waals surface area contributed by atoms with Crippen molar-refractivity contribution in [3.05, 3.63) is 93.9 Å². The lowest BCUT2D eigenvalue weighted by Crippen LogP contribution is -2.26. The first-order valence-corrected chi connectivity index (χ1v) is 10.5. The minimum atomic E-state index is -0.403. The Kier molecular flexibility index (Phi) is 7.75. The summed E-state index contributed by atoms with van der Waals surface area (Å²) in [6.45, 7) is 4.01. The highest BCUT2D eigenvalue weighted by atomic mass is 16.5. The number of nitrogens with one attached hydrogen (secondary N) is 2. The average Bonchev–Trinajstić information content (AvgIpc) is 2.80. The van der Waals surface area contributed by atoms with Gasteiger partial charge in [-0.1, -0.05) is 13.0 Å². The molecule has 3 aromatic rings. The van der Waals surface area contributed by atoms with Crippen LogP contribution in [0.15, 0.2) is 71.7 Å². The molecule has 0 atom stereocenters. The number of amides is 2. The van der Waals surface area contributed by atoms with Crippen molar-refractivity contribution in [3.63, 3.8) is 0 Å². The molecule has 0 aliphatic rings. The Morgan fingerprint density at radius 1 is 0.848 bits per heavy atom. The molecule has 0 bridgehead atoms. The fraction of sp³-hybridized carbons (Fsp3) is 0.200. The number of ether oxygens (including phenoxy) is 1. The molecule has 3 rings (SSSR count). The summed E-state index contributed by atoms with van der Waals surface area (Å²) in [4.78, 5) is 48.4. The van der Waals surface area contributed by atoms with Gasteiger partial charge in [-0.2, -0.15) is 0 Å². The minimum Gasteiger partial charge on any atom is -0.462 e. The Morgan fingerprint density at radius 2 is 1.45 bits per heavy atom. The van der Waals surface area contributed by atoms with Gasteiger partial charge in [-0.15, -0.1) is 0 Å². The van der Waals surface area contributed by atoms with Gasteiger partial charge in [0.25, 0.3) is 11.5 Å². The second kappa shape index (κ2) is 10.9. The van der Waals surface area contributed by atoms with E-state index in [1.807, 2.05) is 13.8 Å². The van der Waals surface area contributed by atoms with Gasteiger partial charge in [-0.05, 0) is 67.4 Å². The van der Waals surface area contributed by atoms with E-state index in [-0.39, 0.29) is 23.9 Å². The van der Waals surface area contributed by atoms with Crippen molar-refractivity contribution in [1.82, 2.24) is 4.57 Å². The molecule has 33 heavy (non-hydrogen) atoms. The number of aromatic nitrogens is 1. The number of nitrogens with zero attached hydrogens (tertiary/aromatic N) is 1. The number of pyridine rings is 1. The molecule has 1 heterocycles. The first kappa shape index (κ1) is 23.5. The Hall–Kier alpha value is -4.20. The van der Waals surface area contributed by atoms with Crippen LogP contribution in [0.4, 0.5) is 11.4 Å². The van der Waals surface area contributed by atoms with E-state index in [9.17, 15) is 19.2 Å². The predicted molar refractivity (Wildman–Crippen MR) is 125 cm³/mol. The van der Waals surface area contributed by atoms with Gasteiger partial charge >= 0.3 is 5.97 Å². The number of carbonyl (C=O) groups excluding carboxylic acids is 3. The third-order valence-corrected chi connectivity index (χ3v) is 4.69. The minimum absolute atomic E-state index is 0.106. The molecule has 0 aliphatic heterocycles. The van der Waals surface area contributed by atoms with Gasteiger partial charge in [0.1, 0.15) is 6.54 Å². The molecule has 1 aromatic heterocycles. The lowest BCUT2D eigenvalue weighted by molar-refractivity contribution is -0.116. The highest BCUT2D eigenvalue weighted by Gasteiger charge is 2.10. The van der Waals surface area contributed by atoms with Crippen molar-refractivity contribution in [2.45, 2.75) is 26.8 Å². The Morgan fingerprint density at radius 3 is 2.09 bits per heavy atom. The van der Waals surface area contributed by atoms with Gasteiger partial charge in [0.05, 0.1) is 12.2 Å². The maximum atomic E-state index is 12.5. The third kappa shape index (κ3) is 6.64. The van der Waals surface area contributed by atoms with Crippen molar-refractivity contribution >= 4 is 29.2 Å². The quantitative estimate of drug-likeness (QED) is 0.513. The summed E-state index contributed by atoms with van der Waals surface area (Å²) in [5.74, 6) is -1.09. The number of hydrogen-bond acceptors (Lipinski definition) is 5. The predicted octanol–water partition coefficient (Wildman–Crippen LogP) is 3.61. The largest absolute Gasteiger partial charge is 0.462 e. The van der Waals surface area contributed by atoms with E-state index >= 15 is 0 Å². The zero-order chi connectivity index (χ0) is 23.8. The molecule has 2 N–H and O–H groups in total. The van der Waals surface area contributed by atoms with Gasteiger partial charge in [-0.25, -0.2) is 4.79 Å². The fourth-order valence-corrected chi connectivity index (χ4v) is 3.01. The van der Waals surface area contributed by atoms with Crippen LogP contribution in [0.25, 0.3) is 0 Å². The summed E-state index contributed by atoms with van der Waals surface area (Å²) in [7, 11) is 0. The Labute approximate surface area is 191 Å². The zero-order valence-corrected chi connectivity index (χ0v) is 18.5. The summed E-state index contributed by atoms with van der Waals surface area (Å²) in [6.07, 6.45) is 2.37. The molecule has 0 fully saturated rings. The van der Waals surface area contributed by atoms with Crippen LogP contribution in [0, 0.1) is 6.92 Å². The molecule has 0 radical (unpaired) electrons. The molecule has 0 spiro atoms. The number of rotatable bonds is 8. The van der Waals surface area contributed by atoms with Crippen LogP contribution in [0.1, 0.15) is 39.6 Å². The summed E-state index contributed by atoms with van der Waals surface area (Å²) >= 11 is 0. The lowest BCUT2D eigenvalue weighted by atomic mass is 10.1. The second-order valence-corrected chi connectivity index (χ2v) is 7.47. The third-order valence-electron chi connectivity index (χ3n) is 4.69. The molecule has 0 saturated carbocycles.